The van der Waals surface area contributed by atoms with Crippen molar-refractivity contribution in [1.29, 1.82) is 5.26 Å². The summed E-state index contributed by atoms with van der Waals surface area (Å²) in [6.45, 7) is 2.13. The molecule has 18 heavy (non-hydrogen) atoms. The number of benzene rings is 1. The average Bonchev–Trinajstić information content (AvgIpc) is 2.36. The Morgan fingerprint density at radius 2 is 2.17 bits per heavy atom. The molecule has 0 radical (unpaired) electrons. The zero-order valence-corrected chi connectivity index (χ0v) is 10.9. The number of hydrogen-bond acceptors (Lipinski definition) is 4. The van der Waals surface area contributed by atoms with Gasteiger partial charge < -0.3 is 5.73 Å². The van der Waals surface area contributed by atoms with Crippen molar-refractivity contribution in [3.63, 3.8) is 0 Å². The Kier molecular flexibility index (Phi) is 3.28. The molecule has 1 heterocycles. The molecule has 2 N–H and O–H groups in total. The number of rotatable bonds is 2. The number of nitrogen functional groups attached to an aromatic ring is 1. The molecule has 1 aliphatic rings. The molecule has 0 aromatic heterocycles. The molecule has 0 saturated carbocycles. The van der Waals surface area contributed by atoms with Gasteiger partial charge in [0.2, 0.25) is 10.0 Å². The number of anilines is 1. The summed E-state index contributed by atoms with van der Waals surface area (Å²) in [5.41, 5.74) is 8.38. The van der Waals surface area contributed by atoms with Gasteiger partial charge in [-0.15, -0.1) is 0 Å². The minimum absolute atomic E-state index is 0.300. The highest BCUT2D eigenvalue weighted by molar-refractivity contribution is 7.89. The molecule has 0 aliphatic carbocycles. The number of fused-ring (bicyclic) bond motifs is 1. The van der Waals surface area contributed by atoms with Gasteiger partial charge in [-0.1, -0.05) is 6.07 Å². The fraction of sp³-hybridized carbons (Fsp3) is 0.417. The second kappa shape index (κ2) is 4.59. The van der Waals surface area contributed by atoms with Crippen LogP contribution in [-0.2, 0) is 23.0 Å². The van der Waals surface area contributed by atoms with E-state index in [2.05, 4.69) is 0 Å². The van der Waals surface area contributed by atoms with Gasteiger partial charge in [-0.3, -0.25) is 0 Å². The monoisotopic (exact) mass is 265 g/mol. The van der Waals surface area contributed by atoms with Crippen LogP contribution >= 0.6 is 0 Å². The molecular formula is C12H15N3O2S. The minimum Gasteiger partial charge on any atom is -0.399 e. The van der Waals surface area contributed by atoms with Crippen LogP contribution in [0.1, 0.15) is 18.1 Å². The van der Waals surface area contributed by atoms with Crippen molar-refractivity contribution in [3.05, 3.63) is 29.3 Å². The molecule has 1 aliphatic heterocycles. The highest BCUT2D eigenvalue weighted by Gasteiger charge is 2.31. The van der Waals surface area contributed by atoms with Crippen molar-refractivity contribution >= 4 is 15.7 Å². The van der Waals surface area contributed by atoms with E-state index in [0.717, 1.165) is 11.1 Å². The lowest BCUT2D eigenvalue weighted by atomic mass is 10.0. The van der Waals surface area contributed by atoms with Gasteiger partial charge in [-0.05, 0) is 36.6 Å². The first-order chi connectivity index (χ1) is 8.45. The Bertz CT molecular complexity index is 604. The first-order valence-electron chi connectivity index (χ1n) is 5.71. The van der Waals surface area contributed by atoms with Gasteiger partial charge >= 0.3 is 0 Å². The quantitative estimate of drug-likeness (QED) is 0.804. The SMILES string of the molecule is CC(C#N)S(=O)(=O)N1CCc2ccc(N)cc2C1. The summed E-state index contributed by atoms with van der Waals surface area (Å²) in [6, 6.07) is 7.34. The average molecular weight is 265 g/mol. The molecular weight excluding hydrogens is 250 g/mol. The van der Waals surface area contributed by atoms with Crippen LogP contribution in [0.15, 0.2) is 18.2 Å². The predicted molar refractivity (Wildman–Crippen MR) is 69.0 cm³/mol. The predicted octanol–water partition coefficient (Wildman–Crippen LogP) is 0.869. The van der Waals surface area contributed by atoms with Crippen molar-refractivity contribution in [2.75, 3.05) is 12.3 Å². The third kappa shape index (κ3) is 2.19. The fourth-order valence-corrected chi connectivity index (χ4v) is 3.30. The van der Waals surface area contributed by atoms with Gasteiger partial charge in [-0.25, -0.2) is 8.42 Å². The van der Waals surface area contributed by atoms with Crippen LogP contribution in [0.5, 0.6) is 0 Å². The lowest BCUT2D eigenvalue weighted by Gasteiger charge is -2.29. The van der Waals surface area contributed by atoms with Crippen molar-refractivity contribution in [1.82, 2.24) is 4.31 Å². The third-order valence-electron chi connectivity index (χ3n) is 3.20. The highest BCUT2D eigenvalue weighted by atomic mass is 32.2. The molecule has 1 atom stereocenters. The van der Waals surface area contributed by atoms with E-state index in [1.807, 2.05) is 12.1 Å². The van der Waals surface area contributed by atoms with Gasteiger partial charge in [0.05, 0.1) is 6.07 Å². The molecule has 1 aromatic rings. The van der Waals surface area contributed by atoms with Crippen molar-refractivity contribution in [3.8, 4) is 6.07 Å². The molecule has 1 unspecified atom stereocenters. The second-order valence-electron chi connectivity index (χ2n) is 4.43. The number of nitrogens with zero attached hydrogens (tertiary/aromatic N) is 2. The molecule has 0 fully saturated rings. The number of nitriles is 1. The summed E-state index contributed by atoms with van der Waals surface area (Å²) in [6.07, 6.45) is 0.660. The van der Waals surface area contributed by atoms with Crippen molar-refractivity contribution < 1.29 is 8.42 Å². The summed E-state index contributed by atoms with van der Waals surface area (Å²) in [5, 5.41) is 7.75. The molecule has 0 spiro atoms. The van der Waals surface area contributed by atoms with Crippen molar-refractivity contribution in [2.24, 2.45) is 0 Å². The molecule has 2 rings (SSSR count). The summed E-state index contributed by atoms with van der Waals surface area (Å²) < 4.78 is 25.5. The van der Waals surface area contributed by atoms with Gasteiger partial charge in [0, 0.05) is 18.8 Å². The maximum Gasteiger partial charge on any atom is 0.230 e. The molecule has 96 valence electrons. The molecule has 6 heteroatoms. The van der Waals surface area contributed by atoms with Crippen LogP contribution < -0.4 is 5.73 Å². The Labute approximate surface area is 107 Å². The van der Waals surface area contributed by atoms with Gasteiger partial charge in [0.15, 0.2) is 5.25 Å². The van der Waals surface area contributed by atoms with Crippen LogP contribution in [-0.4, -0.2) is 24.5 Å². The van der Waals surface area contributed by atoms with Gasteiger partial charge in [-0.2, -0.15) is 9.57 Å². The Morgan fingerprint density at radius 3 is 2.83 bits per heavy atom. The van der Waals surface area contributed by atoms with E-state index in [1.54, 1.807) is 12.1 Å². The third-order valence-corrected chi connectivity index (χ3v) is 5.23. The minimum atomic E-state index is -3.54. The van der Waals surface area contributed by atoms with E-state index in [4.69, 9.17) is 11.0 Å². The van der Waals surface area contributed by atoms with E-state index >= 15 is 0 Å². The van der Waals surface area contributed by atoms with Crippen molar-refractivity contribution in [2.45, 2.75) is 25.1 Å². The van der Waals surface area contributed by atoms with E-state index < -0.39 is 15.3 Å². The molecule has 0 saturated heterocycles. The highest BCUT2D eigenvalue weighted by Crippen LogP contribution is 2.24. The second-order valence-corrected chi connectivity index (χ2v) is 6.68. The fourth-order valence-electron chi connectivity index (χ4n) is 2.06. The zero-order valence-electron chi connectivity index (χ0n) is 10.1. The topological polar surface area (TPSA) is 87.2 Å². The summed E-state index contributed by atoms with van der Waals surface area (Å²) in [7, 11) is -3.54. The maximum absolute atomic E-state index is 12.1. The lowest BCUT2D eigenvalue weighted by molar-refractivity contribution is 0.389. The summed E-state index contributed by atoms with van der Waals surface area (Å²) in [5.74, 6) is 0. The summed E-state index contributed by atoms with van der Waals surface area (Å²) in [4.78, 5) is 0. The van der Waals surface area contributed by atoms with Gasteiger partial charge in [0.25, 0.3) is 0 Å². The van der Waals surface area contributed by atoms with Crippen LogP contribution in [0, 0.1) is 11.3 Å². The standard InChI is InChI=1S/C12H15N3O2S/c1-9(7-13)18(16,17)15-5-4-10-2-3-12(14)6-11(10)8-15/h2-3,6,9H,4-5,8,14H2,1H3. The Hall–Kier alpha value is -1.58. The van der Waals surface area contributed by atoms with Crippen LogP contribution in [0.4, 0.5) is 5.69 Å². The van der Waals surface area contributed by atoms with E-state index in [9.17, 15) is 8.42 Å². The van der Waals surface area contributed by atoms with E-state index in [0.29, 0.717) is 25.2 Å². The normalized spacial score (nSPS) is 17.8. The Balaban J connectivity index is 2.30. The van der Waals surface area contributed by atoms with E-state index in [1.165, 1.54) is 11.2 Å². The first-order valence-corrected chi connectivity index (χ1v) is 7.21. The maximum atomic E-state index is 12.1. The lowest BCUT2D eigenvalue weighted by Crippen LogP contribution is -2.40. The first kappa shape index (κ1) is 12.9. The number of sulfonamides is 1. The molecule has 0 amide bonds. The van der Waals surface area contributed by atoms with Gasteiger partial charge in [0.1, 0.15) is 0 Å². The van der Waals surface area contributed by atoms with Crippen LogP contribution in [0.2, 0.25) is 0 Å². The number of nitrogens with two attached hydrogens (primary N) is 1. The Morgan fingerprint density at radius 1 is 1.44 bits per heavy atom. The number of hydrogen-bond donors (Lipinski definition) is 1. The van der Waals surface area contributed by atoms with E-state index in [-0.39, 0.29) is 0 Å². The largest absolute Gasteiger partial charge is 0.399 e. The molecule has 5 nitrogen and oxygen atoms in total. The molecule has 1 aromatic carbocycles. The smallest absolute Gasteiger partial charge is 0.230 e. The molecule has 0 bridgehead atoms. The van der Waals surface area contributed by atoms with Crippen LogP contribution in [0.25, 0.3) is 0 Å². The zero-order chi connectivity index (χ0) is 13.3. The summed E-state index contributed by atoms with van der Waals surface area (Å²) >= 11 is 0. The van der Waals surface area contributed by atoms with Crippen LogP contribution in [0.3, 0.4) is 0 Å².